The molecule has 0 saturated carbocycles. The standard InChI is InChI=1S/C31H30N4O7S/c1-40-31(34-26(36)23(32)19-11-5-2-6-12-19)28(38)35-24(22(17-41-30(33)39)18-43-29(31)35)27(37)42-25(20-13-7-3-8-14-20)21-15-9-4-10-16-21/h2-16,23,25,29H,17-18,32H2,1H3,(H2,33,39)(H,34,36)/t23?,29-,31-/m0/s1. The molecular formula is C31H30N4O7S. The quantitative estimate of drug-likeness (QED) is 0.180. The zero-order valence-electron chi connectivity index (χ0n) is 23.2. The summed E-state index contributed by atoms with van der Waals surface area (Å²) in [5.74, 6) is -2.01. The number of carbonyl (C=O) groups is 4. The molecule has 1 unspecified atom stereocenters. The number of rotatable bonds is 10. The topological polar surface area (TPSA) is 163 Å². The summed E-state index contributed by atoms with van der Waals surface area (Å²) in [5.41, 5.74) is 11.8. The van der Waals surface area contributed by atoms with Crippen molar-refractivity contribution in [1.29, 1.82) is 0 Å². The van der Waals surface area contributed by atoms with Gasteiger partial charge in [0.05, 0.1) is 0 Å². The van der Waals surface area contributed by atoms with E-state index in [4.69, 9.17) is 25.7 Å². The SMILES string of the molecule is CO[C@@]1(NC(=O)C(N)c2ccccc2)C(=O)N2C(C(=O)OC(c3ccccc3)c3ccccc3)=C(COC(N)=O)CS[C@H]21. The van der Waals surface area contributed by atoms with Gasteiger partial charge in [-0.3, -0.25) is 14.5 Å². The number of methoxy groups -OCH3 is 1. The Morgan fingerprint density at radius 2 is 1.49 bits per heavy atom. The Bertz CT molecular complexity index is 1500. The first kappa shape index (κ1) is 29.8. The van der Waals surface area contributed by atoms with Gasteiger partial charge in [-0.15, -0.1) is 11.8 Å². The first-order valence-corrected chi connectivity index (χ1v) is 14.4. The van der Waals surface area contributed by atoms with Crippen molar-refractivity contribution in [3.8, 4) is 0 Å². The molecule has 5 N–H and O–H groups in total. The molecule has 11 nitrogen and oxygen atoms in total. The van der Waals surface area contributed by atoms with Gasteiger partial charge in [-0.2, -0.15) is 0 Å². The maximum Gasteiger partial charge on any atom is 0.404 e. The van der Waals surface area contributed by atoms with Crippen LogP contribution in [0.25, 0.3) is 0 Å². The third-order valence-corrected chi connectivity index (χ3v) is 8.57. The zero-order chi connectivity index (χ0) is 30.6. The Balaban J connectivity index is 1.46. The molecule has 3 aromatic carbocycles. The van der Waals surface area contributed by atoms with Crippen LogP contribution in [0.3, 0.4) is 0 Å². The molecule has 2 heterocycles. The normalized spacial score (nSPS) is 20.1. The van der Waals surface area contributed by atoms with E-state index >= 15 is 0 Å². The summed E-state index contributed by atoms with van der Waals surface area (Å²) in [7, 11) is 1.29. The Labute approximate surface area is 252 Å². The van der Waals surface area contributed by atoms with Crippen LogP contribution >= 0.6 is 11.8 Å². The summed E-state index contributed by atoms with van der Waals surface area (Å²) in [6.07, 6.45) is -1.84. The average molecular weight is 603 g/mol. The van der Waals surface area contributed by atoms with Crippen molar-refractivity contribution in [3.05, 3.63) is 119 Å². The van der Waals surface area contributed by atoms with Gasteiger partial charge < -0.3 is 31.0 Å². The molecule has 0 aromatic heterocycles. The molecule has 0 radical (unpaired) electrons. The van der Waals surface area contributed by atoms with Crippen LogP contribution in [0.1, 0.15) is 28.8 Å². The zero-order valence-corrected chi connectivity index (χ0v) is 24.0. The highest BCUT2D eigenvalue weighted by Gasteiger charge is 2.67. The molecule has 12 heteroatoms. The number of thioether (sulfide) groups is 1. The predicted molar refractivity (Wildman–Crippen MR) is 158 cm³/mol. The maximum absolute atomic E-state index is 14.0. The van der Waals surface area contributed by atoms with E-state index in [9.17, 15) is 19.2 Å². The number of hydrogen-bond donors (Lipinski definition) is 3. The van der Waals surface area contributed by atoms with E-state index in [2.05, 4.69) is 5.32 Å². The minimum Gasteiger partial charge on any atom is -0.448 e. The molecule has 3 amide bonds. The molecule has 222 valence electrons. The van der Waals surface area contributed by atoms with Gasteiger partial charge in [0.25, 0.3) is 11.6 Å². The molecule has 5 rings (SSSR count). The van der Waals surface area contributed by atoms with Crippen LogP contribution in [-0.4, -0.2) is 59.3 Å². The summed E-state index contributed by atoms with van der Waals surface area (Å²) in [4.78, 5) is 53.6. The minimum absolute atomic E-state index is 0.110. The Morgan fingerprint density at radius 3 is 2.00 bits per heavy atom. The lowest BCUT2D eigenvalue weighted by atomic mass is 9.96. The molecule has 0 aliphatic carbocycles. The highest BCUT2D eigenvalue weighted by Crippen LogP contribution is 2.47. The molecule has 2 aliphatic rings. The van der Waals surface area contributed by atoms with Crippen LogP contribution in [0.2, 0.25) is 0 Å². The summed E-state index contributed by atoms with van der Waals surface area (Å²) < 4.78 is 16.7. The van der Waals surface area contributed by atoms with Crippen molar-refractivity contribution >= 4 is 35.6 Å². The fourth-order valence-corrected chi connectivity index (χ4v) is 6.44. The van der Waals surface area contributed by atoms with Gasteiger partial charge in [-0.1, -0.05) is 91.0 Å². The number of primary amides is 1. The van der Waals surface area contributed by atoms with E-state index in [-0.39, 0.29) is 18.1 Å². The number of hydrogen-bond acceptors (Lipinski definition) is 9. The van der Waals surface area contributed by atoms with Crippen molar-refractivity contribution in [1.82, 2.24) is 10.2 Å². The van der Waals surface area contributed by atoms with Crippen LogP contribution in [-0.2, 0) is 28.6 Å². The molecular weight excluding hydrogens is 572 g/mol. The second-order valence-corrected chi connectivity index (χ2v) is 10.9. The molecule has 3 atom stereocenters. The third-order valence-electron chi connectivity index (χ3n) is 7.19. The number of nitrogens with zero attached hydrogens (tertiary/aromatic N) is 1. The van der Waals surface area contributed by atoms with Gasteiger partial charge >= 0.3 is 12.1 Å². The number of carbonyl (C=O) groups excluding carboxylic acids is 4. The van der Waals surface area contributed by atoms with Crippen LogP contribution in [0.5, 0.6) is 0 Å². The Morgan fingerprint density at radius 1 is 0.953 bits per heavy atom. The molecule has 0 spiro atoms. The van der Waals surface area contributed by atoms with E-state index in [1.165, 1.54) is 23.8 Å². The largest absolute Gasteiger partial charge is 0.448 e. The van der Waals surface area contributed by atoms with Crippen molar-refractivity contribution < 1.29 is 33.4 Å². The van der Waals surface area contributed by atoms with Crippen LogP contribution < -0.4 is 16.8 Å². The highest BCUT2D eigenvalue weighted by atomic mass is 32.2. The second kappa shape index (κ2) is 12.7. The van der Waals surface area contributed by atoms with E-state index < -0.39 is 47.1 Å². The van der Waals surface area contributed by atoms with Gasteiger partial charge in [0.15, 0.2) is 6.10 Å². The number of fused-ring (bicyclic) bond motifs is 1. The molecule has 0 bridgehead atoms. The van der Waals surface area contributed by atoms with Crippen molar-refractivity contribution in [2.75, 3.05) is 19.5 Å². The smallest absolute Gasteiger partial charge is 0.404 e. The lowest BCUT2D eigenvalue weighted by Gasteiger charge is -2.56. The lowest BCUT2D eigenvalue weighted by molar-refractivity contribution is -0.193. The van der Waals surface area contributed by atoms with Gasteiger partial charge in [0.1, 0.15) is 23.7 Å². The number of amides is 3. The van der Waals surface area contributed by atoms with Gasteiger partial charge in [-0.25, -0.2) is 9.59 Å². The number of nitrogens with one attached hydrogen (secondary N) is 1. The van der Waals surface area contributed by atoms with E-state index in [0.717, 1.165) is 0 Å². The van der Waals surface area contributed by atoms with Crippen molar-refractivity contribution in [2.24, 2.45) is 11.5 Å². The lowest BCUT2D eigenvalue weighted by Crippen LogP contribution is -2.81. The summed E-state index contributed by atoms with van der Waals surface area (Å²) in [6.45, 7) is -0.337. The number of β-lactam (4-membered cyclic amide) rings is 1. The number of esters is 1. The maximum atomic E-state index is 14.0. The molecule has 2 aliphatic heterocycles. The minimum atomic E-state index is -1.80. The molecule has 3 aromatic rings. The fourth-order valence-electron chi connectivity index (χ4n) is 5.02. The van der Waals surface area contributed by atoms with Crippen molar-refractivity contribution in [2.45, 2.75) is 23.2 Å². The Hall–Kier alpha value is -4.65. The van der Waals surface area contributed by atoms with Crippen molar-refractivity contribution in [3.63, 3.8) is 0 Å². The highest BCUT2D eigenvalue weighted by molar-refractivity contribution is 8.00. The molecule has 1 fully saturated rings. The van der Waals surface area contributed by atoms with Gasteiger partial charge in [0, 0.05) is 18.4 Å². The first-order valence-electron chi connectivity index (χ1n) is 13.3. The summed E-state index contributed by atoms with van der Waals surface area (Å²) in [6, 6.07) is 25.9. The monoisotopic (exact) mass is 602 g/mol. The van der Waals surface area contributed by atoms with Crippen LogP contribution in [0.15, 0.2) is 102 Å². The molecule has 43 heavy (non-hydrogen) atoms. The predicted octanol–water partition coefficient (Wildman–Crippen LogP) is 2.74. The van der Waals surface area contributed by atoms with E-state index in [0.29, 0.717) is 22.3 Å². The third kappa shape index (κ3) is 5.85. The number of nitrogens with two attached hydrogens (primary N) is 2. The second-order valence-electron chi connectivity index (χ2n) is 9.82. The summed E-state index contributed by atoms with van der Waals surface area (Å²) >= 11 is 1.22. The number of ether oxygens (including phenoxy) is 3. The van der Waals surface area contributed by atoms with E-state index in [1.54, 1.807) is 30.3 Å². The Kier molecular flexibility index (Phi) is 8.81. The fraction of sp³-hybridized carbons (Fsp3) is 0.226. The summed E-state index contributed by atoms with van der Waals surface area (Å²) in [5, 5.41) is 1.82. The van der Waals surface area contributed by atoms with Gasteiger partial charge in [0.2, 0.25) is 5.91 Å². The van der Waals surface area contributed by atoms with E-state index in [1.807, 2.05) is 60.7 Å². The van der Waals surface area contributed by atoms with Gasteiger partial charge in [-0.05, 0) is 16.7 Å². The average Bonchev–Trinajstić information content (AvgIpc) is 3.05. The van der Waals surface area contributed by atoms with Crippen LogP contribution in [0.4, 0.5) is 4.79 Å². The first-order chi connectivity index (χ1) is 20.8. The number of benzene rings is 3. The molecule has 1 saturated heterocycles. The van der Waals surface area contributed by atoms with Crippen LogP contribution in [0, 0.1) is 0 Å².